The van der Waals surface area contributed by atoms with Crippen LogP contribution in [0.1, 0.15) is 84.9 Å². The Balaban J connectivity index is 1.55. The van der Waals surface area contributed by atoms with Gasteiger partial charge in [-0.25, -0.2) is 9.59 Å². The molecule has 31 heavy (non-hydrogen) atoms. The number of allylic oxidation sites excluding steroid dienone is 7. The standard InChI is InChI=1S/C27H32O4/c28-26(30-24-14-10-6-3-1-2-4-7-11-15-24)22-18-20-23(21-19-22)27(29)31-25-16-12-8-5-9-13-17-25/h5,8-9,12-13,16-21,24H,1-4,6-7,10-11,14-15H2/b8-5-,9-5?,12-8?,13-9-,16-12-,17-13?,25-16?,25-17+. The number of rotatable bonds is 4. The summed E-state index contributed by atoms with van der Waals surface area (Å²) in [5, 5.41) is 0. The van der Waals surface area contributed by atoms with Crippen LogP contribution in [0.25, 0.3) is 0 Å². The second-order valence-electron chi connectivity index (χ2n) is 8.10. The highest BCUT2D eigenvalue weighted by molar-refractivity contribution is 5.93. The molecule has 4 heteroatoms. The van der Waals surface area contributed by atoms with Crippen molar-refractivity contribution in [3.8, 4) is 0 Å². The summed E-state index contributed by atoms with van der Waals surface area (Å²) in [6.45, 7) is 0. The summed E-state index contributed by atoms with van der Waals surface area (Å²) in [6.07, 6.45) is 24.4. The molecule has 0 saturated heterocycles. The van der Waals surface area contributed by atoms with Crippen molar-refractivity contribution in [1.29, 1.82) is 0 Å². The van der Waals surface area contributed by atoms with Gasteiger partial charge >= 0.3 is 11.9 Å². The van der Waals surface area contributed by atoms with Crippen LogP contribution in [0.15, 0.2) is 72.6 Å². The van der Waals surface area contributed by atoms with Crippen LogP contribution in [0.3, 0.4) is 0 Å². The molecular weight excluding hydrogens is 388 g/mol. The number of hydrogen-bond acceptors (Lipinski definition) is 4. The number of carbonyl (C=O) groups excluding carboxylic acids is 2. The number of carbonyl (C=O) groups is 2. The van der Waals surface area contributed by atoms with Crippen LogP contribution in [0.4, 0.5) is 0 Å². The summed E-state index contributed by atoms with van der Waals surface area (Å²) in [6, 6.07) is 6.49. The molecule has 4 nitrogen and oxygen atoms in total. The van der Waals surface area contributed by atoms with E-state index in [2.05, 4.69) is 0 Å². The lowest BCUT2D eigenvalue weighted by Gasteiger charge is -2.18. The number of benzene rings is 1. The normalized spacial score (nSPS) is 23.0. The van der Waals surface area contributed by atoms with Crippen molar-refractivity contribution < 1.29 is 19.1 Å². The Bertz CT molecular complexity index is 830. The van der Waals surface area contributed by atoms with Gasteiger partial charge < -0.3 is 9.47 Å². The van der Waals surface area contributed by atoms with Crippen LogP contribution >= 0.6 is 0 Å². The van der Waals surface area contributed by atoms with Crippen molar-refractivity contribution in [1.82, 2.24) is 0 Å². The summed E-state index contributed by atoms with van der Waals surface area (Å²) >= 11 is 0. The van der Waals surface area contributed by atoms with E-state index in [1.165, 1.54) is 38.5 Å². The van der Waals surface area contributed by atoms with E-state index in [1.807, 2.05) is 30.4 Å². The molecule has 1 aromatic rings. The van der Waals surface area contributed by atoms with E-state index in [9.17, 15) is 9.59 Å². The summed E-state index contributed by atoms with van der Waals surface area (Å²) in [7, 11) is 0. The summed E-state index contributed by atoms with van der Waals surface area (Å²) in [4.78, 5) is 25.0. The maximum atomic E-state index is 12.6. The second kappa shape index (κ2) is 12.7. The second-order valence-corrected chi connectivity index (χ2v) is 8.10. The van der Waals surface area contributed by atoms with E-state index >= 15 is 0 Å². The molecule has 3 rings (SSSR count). The van der Waals surface area contributed by atoms with E-state index in [0.717, 1.165) is 25.7 Å². The SMILES string of the molecule is O=C(OC1=C/C=C\C=C/C=C\1)c1ccc(C(=O)OC2CCCCCCCCCC2)cc1. The average molecular weight is 421 g/mol. The van der Waals surface area contributed by atoms with Gasteiger partial charge in [-0.15, -0.1) is 0 Å². The highest BCUT2D eigenvalue weighted by Crippen LogP contribution is 2.20. The maximum absolute atomic E-state index is 12.6. The Morgan fingerprint density at radius 2 is 1.16 bits per heavy atom. The van der Waals surface area contributed by atoms with Crippen molar-refractivity contribution in [3.63, 3.8) is 0 Å². The quantitative estimate of drug-likeness (QED) is 0.500. The van der Waals surface area contributed by atoms with Crippen molar-refractivity contribution in [3.05, 3.63) is 83.7 Å². The third-order valence-electron chi connectivity index (χ3n) is 5.61. The van der Waals surface area contributed by atoms with Crippen molar-refractivity contribution in [2.24, 2.45) is 0 Å². The lowest BCUT2D eigenvalue weighted by Crippen LogP contribution is -2.18. The fourth-order valence-corrected chi connectivity index (χ4v) is 3.81. The Morgan fingerprint density at radius 1 is 0.645 bits per heavy atom. The minimum atomic E-state index is -0.461. The zero-order chi connectivity index (χ0) is 21.7. The fraction of sp³-hybridized carbons (Fsp3) is 0.407. The largest absolute Gasteiger partial charge is 0.459 e. The number of ether oxygens (including phenoxy) is 2. The lowest BCUT2D eigenvalue weighted by atomic mass is 10.0. The first kappa shape index (κ1) is 22.8. The maximum Gasteiger partial charge on any atom is 0.343 e. The molecule has 1 saturated carbocycles. The average Bonchev–Trinajstić information content (AvgIpc) is 2.82. The van der Waals surface area contributed by atoms with Crippen LogP contribution in [0.5, 0.6) is 0 Å². The Labute approximate surface area is 185 Å². The molecule has 0 spiro atoms. The zero-order valence-electron chi connectivity index (χ0n) is 18.1. The van der Waals surface area contributed by atoms with E-state index in [0.29, 0.717) is 16.9 Å². The third kappa shape index (κ3) is 8.05. The van der Waals surface area contributed by atoms with E-state index in [4.69, 9.17) is 9.47 Å². The smallest absolute Gasteiger partial charge is 0.343 e. The van der Waals surface area contributed by atoms with Gasteiger partial charge in [-0.3, -0.25) is 0 Å². The van der Waals surface area contributed by atoms with Crippen LogP contribution in [-0.4, -0.2) is 18.0 Å². The van der Waals surface area contributed by atoms with Crippen LogP contribution in [0, 0.1) is 0 Å². The van der Waals surface area contributed by atoms with Gasteiger partial charge in [-0.2, -0.15) is 0 Å². The molecule has 164 valence electrons. The Kier molecular flexibility index (Phi) is 9.36. The summed E-state index contributed by atoms with van der Waals surface area (Å²) < 4.78 is 11.2. The molecule has 1 fully saturated rings. The summed E-state index contributed by atoms with van der Waals surface area (Å²) in [5.74, 6) is -0.319. The minimum absolute atomic E-state index is 0.0182. The summed E-state index contributed by atoms with van der Waals surface area (Å²) in [5.41, 5.74) is 0.853. The predicted molar refractivity (Wildman–Crippen MR) is 123 cm³/mol. The topological polar surface area (TPSA) is 52.6 Å². The molecule has 0 heterocycles. The Morgan fingerprint density at radius 3 is 1.81 bits per heavy atom. The van der Waals surface area contributed by atoms with Crippen molar-refractivity contribution in [2.45, 2.75) is 70.3 Å². The van der Waals surface area contributed by atoms with E-state index < -0.39 is 5.97 Å². The molecule has 1 aromatic carbocycles. The van der Waals surface area contributed by atoms with Gasteiger partial charge in [0.1, 0.15) is 11.9 Å². The van der Waals surface area contributed by atoms with Crippen molar-refractivity contribution in [2.75, 3.05) is 0 Å². The van der Waals surface area contributed by atoms with E-state index in [1.54, 1.807) is 36.4 Å². The van der Waals surface area contributed by atoms with Gasteiger partial charge in [0.05, 0.1) is 11.1 Å². The molecule has 0 atom stereocenters. The predicted octanol–water partition coefficient (Wildman–Crippen LogP) is 6.85. The monoisotopic (exact) mass is 420 g/mol. The molecule has 0 aromatic heterocycles. The fourth-order valence-electron chi connectivity index (χ4n) is 3.81. The third-order valence-corrected chi connectivity index (χ3v) is 5.61. The zero-order valence-corrected chi connectivity index (χ0v) is 18.1. The number of hydrogen-bond donors (Lipinski definition) is 0. The first-order chi connectivity index (χ1) is 15.2. The first-order valence-corrected chi connectivity index (χ1v) is 11.5. The van der Waals surface area contributed by atoms with Gasteiger partial charge in [0.2, 0.25) is 0 Å². The van der Waals surface area contributed by atoms with Gasteiger partial charge in [-0.1, -0.05) is 68.9 Å². The van der Waals surface area contributed by atoms with Crippen LogP contribution in [-0.2, 0) is 9.47 Å². The minimum Gasteiger partial charge on any atom is -0.459 e. The van der Waals surface area contributed by atoms with Gasteiger partial charge in [-0.05, 0) is 62.1 Å². The first-order valence-electron chi connectivity index (χ1n) is 11.5. The molecule has 0 amide bonds. The van der Waals surface area contributed by atoms with E-state index in [-0.39, 0.29) is 12.1 Å². The molecule has 0 N–H and O–H groups in total. The molecule has 0 bridgehead atoms. The van der Waals surface area contributed by atoms with Crippen LogP contribution in [0.2, 0.25) is 0 Å². The van der Waals surface area contributed by atoms with Gasteiger partial charge in [0.25, 0.3) is 0 Å². The highest BCUT2D eigenvalue weighted by atomic mass is 16.5. The van der Waals surface area contributed by atoms with Crippen molar-refractivity contribution >= 4 is 11.9 Å². The van der Waals surface area contributed by atoms with Crippen LogP contribution < -0.4 is 0 Å². The van der Waals surface area contributed by atoms with Gasteiger partial charge in [0.15, 0.2) is 0 Å². The number of esters is 2. The molecule has 2 aliphatic carbocycles. The molecule has 0 unspecified atom stereocenters. The van der Waals surface area contributed by atoms with Gasteiger partial charge in [0, 0.05) is 0 Å². The molecule has 2 aliphatic rings. The highest BCUT2D eigenvalue weighted by Gasteiger charge is 2.17. The lowest BCUT2D eigenvalue weighted by molar-refractivity contribution is 0.0249. The molecular formula is C27H32O4. The molecule has 0 aliphatic heterocycles. The Hall–Kier alpha value is -2.88. The molecule has 0 radical (unpaired) electrons.